The number of carbonyl (C=O) groups is 2. The van der Waals surface area contributed by atoms with Crippen LogP contribution in [0.4, 0.5) is 0 Å². The van der Waals surface area contributed by atoms with Crippen molar-refractivity contribution in [1.82, 2.24) is 0 Å². The Morgan fingerprint density at radius 1 is 0.759 bits per heavy atom. The van der Waals surface area contributed by atoms with Gasteiger partial charge in [-0.25, -0.2) is 4.79 Å². The van der Waals surface area contributed by atoms with Crippen LogP contribution >= 0.6 is 0 Å². The van der Waals surface area contributed by atoms with E-state index in [2.05, 4.69) is 0 Å². The largest absolute Gasteiger partial charge is 0.478 e. The number of benzene rings is 3. The van der Waals surface area contributed by atoms with Gasteiger partial charge in [0.25, 0.3) is 11.6 Å². The third-order valence-corrected chi connectivity index (χ3v) is 4.33. The van der Waals surface area contributed by atoms with E-state index in [1.165, 1.54) is 24.3 Å². The van der Waals surface area contributed by atoms with Crippen molar-refractivity contribution >= 4 is 11.8 Å². The molecule has 4 N–H and O–H groups in total. The first kappa shape index (κ1) is 20.2. The van der Waals surface area contributed by atoms with Crippen molar-refractivity contribution in [2.24, 2.45) is 0 Å². The highest BCUT2D eigenvalue weighted by molar-refractivity contribution is 5.95. The lowest BCUT2D eigenvalue weighted by Gasteiger charge is -2.38. The molecule has 0 radical (unpaired) electrons. The van der Waals surface area contributed by atoms with E-state index < -0.39 is 23.3 Å². The van der Waals surface area contributed by atoms with Gasteiger partial charge in [-0.1, -0.05) is 60.7 Å². The maximum absolute atomic E-state index is 12.3. The highest BCUT2D eigenvalue weighted by atomic mass is 16.6. The second-order valence-electron chi connectivity index (χ2n) is 6.28. The number of hydrogen-bond acceptors (Lipinski definition) is 6. The zero-order valence-corrected chi connectivity index (χ0v) is 15.1. The van der Waals surface area contributed by atoms with Gasteiger partial charge in [0.05, 0.1) is 11.1 Å². The highest BCUT2D eigenvalue weighted by Crippen LogP contribution is 2.42. The Labute approximate surface area is 166 Å². The van der Waals surface area contributed by atoms with Crippen LogP contribution in [0.2, 0.25) is 0 Å². The van der Waals surface area contributed by atoms with Crippen molar-refractivity contribution in [2.75, 3.05) is 0 Å². The number of carbonyl (C=O) groups excluding carboxylic acids is 1. The third kappa shape index (κ3) is 3.88. The van der Waals surface area contributed by atoms with Crippen molar-refractivity contribution in [3.63, 3.8) is 0 Å². The molecule has 0 saturated carbocycles. The lowest BCUT2D eigenvalue weighted by atomic mass is 9.88. The van der Waals surface area contributed by atoms with Crippen LogP contribution in [0.1, 0.15) is 21.5 Å². The van der Waals surface area contributed by atoms with Crippen LogP contribution in [-0.4, -0.2) is 32.2 Å². The molecule has 1 aliphatic heterocycles. The smallest absolute Gasteiger partial charge is 0.335 e. The fraction of sp³-hybridized carbons (Fsp3) is 0.0909. The SMILES string of the molecule is O=C(O)c1ccccc1.O=C1C(O)(O)c2ccccc2OC1(O)c1ccccc1. The van der Waals surface area contributed by atoms with Crippen molar-refractivity contribution in [1.29, 1.82) is 0 Å². The molecule has 0 aromatic heterocycles. The van der Waals surface area contributed by atoms with E-state index in [4.69, 9.17) is 9.84 Å². The molecule has 0 spiro atoms. The van der Waals surface area contributed by atoms with E-state index >= 15 is 0 Å². The number of fused-ring (bicyclic) bond motifs is 1. The molecule has 7 heteroatoms. The van der Waals surface area contributed by atoms with E-state index in [9.17, 15) is 24.9 Å². The number of Topliss-reactive ketones (excluding diaryl/α,β-unsaturated/α-hetero) is 1. The van der Waals surface area contributed by atoms with Gasteiger partial charge in [0.2, 0.25) is 0 Å². The molecule has 7 nitrogen and oxygen atoms in total. The predicted molar refractivity (Wildman–Crippen MR) is 102 cm³/mol. The second-order valence-corrected chi connectivity index (χ2v) is 6.28. The molecule has 148 valence electrons. The van der Waals surface area contributed by atoms with Gasteiger partial charge in [-0.3, -0.25) is 4.79 Å². The van der Waals surface area contributed by atoms with Crippen LogP contribution in [0.5, 0.6) is 5.75 Å². The Morgan fingerprint density at radius 3 is 1.83 bits per heavy atom. The Bertz CT molecular complexity index is 1020. The summed E-state index contributed by atoms with van der Waals surface area (Å²) in [5.74, 6) is -7.31. The van der Waals surface area contributed by atoms with Crippen LogP contribution in [0.3, 0.4) is 0 Å². The van der Waals surface area contributed by atoms with E-state index in [0.29, 0.717) is 5.56 Å². The van der Waals surface area contributed by atoms with Crippen LogP contribution < -0.4 is 4.74 Å². The Morgan fingerprint density at radius 2 is 1.28 bits per heavy atom. The molecule has 1 unspecified atom stereocenters. The molecule has 3 aromatic rings. The van der Waals surface area contributed by atoms with Gasteiger partial charge in [0.1, 0.15) is 5.75 Å². The predicted octanol–water partition coefficient (Wildman–Crippen LogP) is 2.02. The summed E-state index contributed by atoms with van der Waals surface area (Å²) in [5.41, 5.74) is 0.370. The van der Waals surface area contributed by atoms with Gasteiger partial charge in [0, 0.05) is 5.56 Å². The standard InChI is InChI=1S/C15H12O5.C7H6O2/c16-13-14(17,18)11-8-4-5-9-12(11)20-15(13,19)10-6-2-1-3-7-10;8-7(9)6-4-2-1-3-5-6/h1-9,17-19H;1-5H,(H,8,9). The Kier molecular flexibility index (Phi) is 5.47. The molecular formula is C22H18O7. The molecule has 1 heterocycles. The van der Waals surface area contributed by atoms with Gasteiger partial charge in [0.15, 0.2) is 0 Å². The summed E-state index contributed by atoms with van der Waals surface area (Å²) in [6.07, 6.45) is 0. The first-order chi connectivity index (χ1) is 13.8. The molecule has 0 amide bonds. The lowest BCUT2D eigenvalue weighted by molar-refractivity contribution is -0.242. The summed E-state index contributed by atoms with van der Waals surface area (Å²) in [6.45, 7) is 0. The van der Waals surface area contributed by atoms with E-state index in [1.807, 2.05) is 0 Å². The summed E-state index contributed by atoms with van der Waals surface area (Å²) in [5, 5.41) is 39.0. The number of ketones is 1. The zero-order valence-electron chi connectivity index (χ0n) is 15.1. The fourth-order valence-corrected chi connectivity index (χ4v) is 2.84. The van der Waals surface area contributed by atoms with Crippen LogP contribution in [0.15, 0.2) is 84.9 Å². The summed E-state index contributed by atoms with van der Waals surface area (Å²) in [7, 11) is 0. The highest BCUT2D eigenvalue weighted by Gasteiger charge is 2.57. The molecular weight excluding hydrogens is 376 g/mol. The van der Waals surface area contributed by atoms with E-state index in [0.717, 1.165) is 0 Å². The molecule has 4 rings (SSSR count). The molecule has 1 atom stereocenters. The third-order valence-electron chi connectivity index (χ3n) is 4.33. The maximum atomic E-state index is 12.3. The monoisotopic (exact) mass is 394 g/mol. The summed E-state index contributed by atoms with van der Waals surface area (Å²) in [4.78, 5) is 22.5. The van der Waals surface area contributed by atoms with Gasteiger partial charge in [-0.15, -0.1) is 0 Å². The minimum absolute atomic E-state index is 0.0449. The molecule has 0 saturated heterocycles. The average molecular weight is 394 g/mol. The minimum atomic E-state index is -2.81. The fourth-order valence-electron chi connectivity index (χ4n) is 2.84. The second kappa shape index (κ2) is 7.84. The molecule has 0 aliphatic carbocycles. The number of aromatic carboxylic acids is 1. The lowest BCUT2D eigenvalue weighted by Crippen LogP contribution is -2.56. The molecule has 0 fully saturated rings. The molecule has 3 aromatic carbocycles. The maximum Gasteiger partial charge on any atom is 0.335 e. The normalized spacial score (nSPS) is 19.2. The number of para-hydroxylation sites is 1. The topological polar surface area (TPSA) is 124 Å². The summed E-state index contributed by atoms with van der Waals surface area (Å²) >= 11 is 0. The zero-order chi connectivity index (χ0) is 21.1. The number of carboxylic acids is 1. The average Bonchev–Trinajstić information content (AvgIpc) is 2.74. The quantitative estimate of drug-likeness (QED) is 0.490. The van der Waals surface area contributed by atoms with E-state index in [-0.39, 0.29) is 16.9 Å². The number of aliphatic hydroxyl groups is 3. The Hall–Kier alpha value is -3.52. The van der Waals surface area contributed by atoms with Crippen molar-refractivity contribution < 1.29 is 34.8 Å². The number of ether oxygens (including phenoxy) is 1. The molecule has 0 bridgehead atoms. The Balaban J connectivity index is 0.000000224. The number of carboxylic acid groups (broad SMARTS) is 1. The van der Waals surface area contributed by atoms with Gasteiger partial charge in [-0.05, 0) is 24.3 Å². The van der Waals surface area contributed by atoms with Crippen LogP contribution in [0, 0.1) is 0 Å². The van der Waals surface area contributed by atoms with Crippen LogP contribution in [0.25, 0.3) is 0 Å². The first-order valence-corrected chi connectivity index (χ1v) is 8.61. The number of rotatable bonds is 2. The van der Waals surface area contributed by atoms with Gasteiger partial charge in [-0.2, -0.15) is 0 Å². The van der Waals surface area contributed by atoms with Crippen molar-refractivity contribution in [2.45, 2.75) is 11.6 Å². The first-order valence-electron chi connectivity index (χ1n) is 8.61. The van der Waals surface area contributed by atoms with Crippen molar-refractivity contribution in [3.05, 3.63) is 102 Å². The minimum Gasteiger partial charge on any atom is -0.478 e. The summed E-state index contributed by atoms with van der Waals surface area (Å²) in [6, 6.07) is 22.1. The molecule has 1 aliphatic rings. The van der Waals surface area contributed by atoms with Gasteiger partial charge >= 0.3 is 11.8 Å². The van der Waals surface area contributed by atoms with Gasteiger partial charge < -0.3 is 25.2 Å². The van der Waals surface area contributed by atoms with Crippen LogP contribution in [-0.2, 0) is 16.4 Å². The van der Waals surface area contributed by atoms with E-state index in [1.54, 1.807) is 60.7 Å². The number of hydrogen-bond donors (Lipinski definition) is 4. The summed E-state index contributed by atoms with van der Waals surface area (Å²) < 4.78 is 5.34. The molecule has 29 heavy (non-hydrogen) atoms. The van der Waals surface area contributed by atoms with Crippen molar-refractivity contribution in [3.8, 4) is 5.75 Å².